The Kier molecular flexibility index (Phi) is 5.11. The summed E-state index contributed by atoms with van der Waals surface area (Å²) in [6.45, 7) is 2.44. The molecule has 6 heteroatoms. The lowest BCUT2D eigenvalue weighted by Gasteiger charge is -2.35. The number of para-hydroxylation sites is 2. The Morgan fingerprint density at radius 2 is 2.04 bits per heavy atom. The summed E-state index contributed by atoms with van der Waals surface area (Å²) in [7, 11) is 3.20. The van der Waals surface area contributed by atoms with Crippen molar-refractivity contribution < 1.29 is 19.1 Å². The highest BCUT2D eigenvalue weighted by Crippen LogP contribution is 2.35. The van der Waals surface area contributed by atoms with Crippen molar-refractivity contribution in [2.75, 3.05) is 25.6 Å². The molecule has 0 saturated heterocycles. The van der Waals surface area contributed by atoms with Gasteiger partial charge in [0, 0.05) is 24.7 Å². The first kappa shape index (κ1) is 17.8. The molecule has 6 nitrogen and oxygen atoms in total. The third kappa shape index (κ3) is 3.49. The maximum Gasteiger partial charge on any atom is 0.262 e. The van der Waals surface area contributed by atoms with Crippen molar-refractivity contribution in [2.45, 2.75) is 19.6 Å². The highest BCUT2D eigenvalue weighted by molar-refractivity contribution is 5.94. The molecular weight excluding hydrogens is 332 g/mol. The molecule has 0 bridgehead atoms. The second-order valence-electron chi connectivity index (χ2n) is 6.15. The van der Waals surface area contributed by atoms with Crippen LogP contribution in [0.4, 0.5) is 5.69 Å². The predicted octanol–water partition coefficient (Wildman–Crippen LogP) is 2.41. The molecule has 136 valence electrons. The number of anilines is 1. The van der Waals surface area contributed by atoms with Gasteiger partial charge in [-0.1, -0.05) is 12.1 Å². The number of fused-ring (bicyclic) bond motifs is 1. The summed E-state index contributed by atoms with van der Waals surface area (Å²) in [5.41, 5.74) is 2.42. The van der Waals surface area contributed by atoms with Gasteiger partial charge in [-0.05, 0) is 37.3 Å². The minimum absolute atomic E-state index is 0.000446. The van der Waals surface area contributed by atoms with Crippen LogP contribution in [-0.4, -0.2) is 38.5 Å². The van der Waals surface area contributed by atoms with Crippen LogP contribution in [0.15, 0.2) is 42.5 Å². The molecule has 0 fully saturated rings. The predicted molar refractivity (Wildman–Crippen MR) is 99.0 cm³/mol. The summed E-state index contributed by atoms with van der Waals surface area (Å²) >= 11 is 0. The van der Waals surface area contributed by atoms with Gasteiger partial charge in [-0.15, -0.1) is 0 Å². The highest BCUT2D eigenvalue weighted by atomic mass is 16.5. The molecule has 1 aliphatic heterocycles. The highest BCUT2D eigenvalue weighted by Gasteiger charge is 2.30. The maximum absolute atomic E-state index is 12.1. The SMILES string of the molecule is CNC(=O)[C@@H]1CN(Cc2cc(C(C)=O)ccc2OC)c2ccccc2O1. The monoisotopic (exact) mass is 354 g/mol. The summed E-state index contributed by atoms with van der Waals surface area (Å²) in [6, 6.07) is 13.0. The maximum atomic E-state index is 12.1. The van der Waals surface area contributed by atoms with Gasteiger partial charge in [-0.25, -0.2) is 0 Å². The van der Waals surface area contributed by atoms with Crippen LogP contribution in [0.1, 0.15) is 22.8 Å². The number of benzene rings is 2. The molecule has 2 aromatic rings. The minimum Gasteiger partial charge on any atom is -0.496 e. The standard InChI is InChI=1S/C20H22N2O4/c1-13(23)14-8-9-17(25-3)15(10-14)11-22-12-19(20(24)21-2)26-18-7-5-4-6-16(18)22/h4-10,19H,11-12H2,1-3H3,(H,21,24)/t19-/m0/s1. The number of nitrogens with zero attached hydrogens (tertiary/aromatic N) is 1. The van der Waals surface area contributed by atoms with E-state index in [2.05, 4.69) is 10.2 Å². The van der Waals surface area contributed by atoms with Gasteiger partial charge in [-0.3, -0.25) is 9.59 Å². The molecule has 0 aliphatic carbocycles. The molecule has 1 heterocycles. The summed E-state index contributed by atoms with van der Waals surface area (Å²) in [6.07, 6.45) is -0.600. The fourth-order valence-electron chi connectivity index (χ4n) is 3.08. The lowest BCUT2D eigenvalue weighted by molar-refractivity contribution is -0.127. The van der Waals surface area contributed by atoms with Crippen LogP contribution >= 0.6 is 0 Å². The van der Waals surface area contributed by atoms with Crippen LogP contribution < -0.4 is 19.7 Å². The smallest absolute Gasteiger partial charge is 0.262 e. The van der Waals surface area contributed by atoms with Gasteiger partial charge in [0.2, 0.25) is 0 Å². The van der Waals surface area contributed by atoms with Crippen molar-refractivity contribution in [1.29, 1.82) is 0 Å². The molecule has 1 atom stereocenters. The second kappa shape index (κ2) is 7.47. The molecule has 0 saturated carbocycles. The molecule has 1 N–H and O–H groups in total. The Morgan fingerprint density at radius 3 is 2.73 bits per heavy atom. The third-order valence-electron chi connectivity index (χ3n) is 4.45. The molecule has 1 aliphatic rings. The van der Waals surface area contributed by atoms with E-state index in [1.165, 1.54) is 6.92 Å². The quantitative estimate of drug-likeness (QED) is 0.835. The van der Waals surface area contributed by atoms with Crippen LogP contribution in [0.3, 0.4) is 0 Å². The topological polar surface area (TPSA) is 67.9 Å². The number of ketones is 1. The molecule has 3 rings (SSSR count). The van der Waals surface area contributed by atoms with Gasteiger partial charge in [0.25, 0.3) is 5.91 Å². The van der Waals surface area contributed by atoms with E-state index in [1.807, 2.05) is 30.3 Å². The average Bonchev–Trinajstić information content (AvgIpc) is 2.67. The first-order valence-electron chi connectivity index (χ1n) is 8.43. The number of nitrogens with one attached hydrogen (secondary N) is 1. The second-order valence-corrected chi connectivity index (χ2v) is 6.15. The fourth-order valence-corrected chi connectivity index (χ4v) is 3.08. The van der Waals surface area contributed by atoms with Gasteiger partial charge in [0.1, 0.15) is 11.5 Å². The van der Waals surface area contributed by atoms with E-state index in [0.717, 1.165) is 11.3 Å². The van der Waals surface area contributed by atoms with Gasteiger partial charge < -0.3 is 19.7 Å². The van der Waals surface area contributed by atoms with Crippen molar-refractivity contribution in [3.8, 4) is 11.5 Å². The summed E-state index contributed by atoms with van der Waals surface area (Å²) in [5.74, 6) is 1.19. The van der Waals surface area contributed by atoms with E-state index >= 15 is 0 Å². The zero-order valence-electron chi connectivity index (χ0n) is 15.1. The van der Waals surface area contributed by atoms with E-state index in [-0.39, 0.29) is 11.7 Å². The number of amides is 1. The average molecular weight is 354 g/mol. The zero-order valence-corrected chi connectivity index (χ0v) is 15.1. The number of hydrogen-bond acceptors (Lipinski definition) is 5. The number of carbonyl (C=O) groups excluding carboxylic acids is 2. The van der Waals surface area contributed by atoms with Crippen molar-refractivity contribution in [2.24, 2.45) is 0 Å². The Morgan fingerprint density at radius 1 is 1.27 bits per heavy atom. The first-order chi connectivity index (χ1) is 12.5. The van der Waals surface area contributed by atoms with E-state index in [4.69, 9.17) is 9.47 Å². The Hall–Kier alpha value is -3.02. The van der Waals surface area contributed by atoms with E-state index < -0.39 is 6.10 Å². The number of Topliss-reactive ketones (excluding diaryl/α,β-unsaturated/α-hetero) is 1. The molecule has 0 radical (unpaired) electrons. The van der Waals surface area contributed by atoms with Crippen LogP contribution in [0.5, 0.6) is 11.5 Å². The number of rotatable bonds is 5. The van der Waals surface area contributed by atoms with Gasteiger partial charge in [0.15, 0.2) is 11.9 Å². The van der Waals surface area contributed by atoms with Gasteiger partial charge in [-0.2, -0.15) is 0 Å². The normalized spacial score (nSPS) is 15.7. The van der Waals surface area contributed by atoms with Gasteiger partial charge in [0.05, 0.1) is 19.3 Å². The molecule has 0 aromatic heterocycles. The summed E-state index contributed by atoms with van der Waals surface area (Å²) in [4.78, 5) is 25.9. The van der Waals surface area contributed by atoms with Crippen LogP contribution in [0.25, 0.3) is 0 Å². The summed E-state index contributed by atoms with van der Waals surface area (Å²) < 4.78 is 11.3. The molecule has 0 unspecified atom stereocenters. The Bertz CT molecular complexity index is 834. The Balaban J connectivity index is 1.96. The number of ether oxygens (including phenoxy) is 2. The fraction of sp³-hybridized carbons (Fsp3) is 0.300. The van der Waals surface area contributed by atoms with Crippen molar-refractivity contribution >= 4 is 17.4 Å². The lowest BCUT2D eigenvalue weighted by atomic mass is 10.1. The molecule has 1 amide bonds. The number of likely N-dealkylation sites (N-methyl/N-ethyl adjacent to an activating group) is 1. The number of methoxy groups -OCH3 is 1. The van der Waals surface area contributed by atoms with E-state index in [0.29, 0.717) is 30.2 Å². The van der Waals surface area contributed by atoms with Crippen LogP contribution in [-0.2, 0) is 11.3 Å². The molecule has 26 heavy (non-hydrogen) atoms. The zero-order chi connectivity index (χ0) is 18.7. The lowest BCUT2D eigenvalue weighted by Crippen LogP contribution is -2.48. The van der Waals surface area contributed by atoms with Crippen molar-refractivity contribution in [3.63, 3.8) is 0 Å². The molecule has 2 aromatic carbocycles. The minimum atomic E-state index is -0.600. The molecular formula is C20H22N2O4. The van der Waals surface area contributed by atoms with Crippen LogP contribution in [0, 0.1) is 0 Å². The molecule has 0 spiro atoms. The largest absolute Gasteiger partial charge is 0.496 e. The van der Waals surface area contributed by atoms with Crippen molar-refractivity contribution in [1.82, 2.24) is 5.32 Å². The number of carbonyl (C=O) groups is 2. The van der Waals surface area contributed by atoms with Crippen LogP contribution in [0.2, 0.25) is 0 Å². The Labute approximate surface area is 152 Å². The van der Waals surface area contributed by atoms with E-state index in [1.54, 1.807) is 26.3 Å². The number of hydrogen-bond donors (Lipinski definition) is 1. The third-order valence-corrected chi connectivity index (χ3v) is 4.45. The summed E-state index contributed by atoms with van der Waals surface area (Å²) in [5, 5.41) is 2.64. The van der Waals surface area contributed by atoms with Crippen molar-refractivity contribution in [3.05, 3.63) is 53.6 Å². The first-order valence-corrected chi connectivity index (χ1v) is 8.43. The van der Waals surface area contributed by atoms with E-state index in [9.17, 15) is 9.59 Å². The van der Waals surface area contributed by atoms with Gasteiger partial charge >= 0.3 is 0 Å².